The summed E-state index contributed by atoms with van der Waals surface area (Å²) in [6.45, 7) is 2.02. The molecule has 0 fully saturated rings. The first-order chi connectivity index (χ1) is 6.29. The topological polar surface area (TPSA) is 29.4 Å². The summed E-state index contributed by atoms with van der Waals surface area (Å²) in [5.74, 6) is 0. The van der Waals surface area contributed by atoms with Gasteiger partial charge in [0.25, 0.3) is 0 Å². The van der Waals surface area contributed by atoms with Crippen molar-refractivity contribution in [3.63, 3.8) is 0 Å². The minimum Gasteiger partial charge on any atom is -0.211 e. The lowest BCUT2D eigenvalue weighted by atomic mass is 10.0. The molecule has 0 aliphatic carbocycles. The SMILES string of the molecule is Cc1ccccc1C(CI)N=C=O. The summed E-state index contributed by atoms with van der Waals surface area (Å²) in [6.07, 6.45) is 1.61. The second-order valence-corrected chi connectivity index (χ2v) is 3.63. The van der Waals surface area contributed by atoms with E-state index >= 15 is 0 Å². The number of rotatable bonds is 3. The van der Waals surface area contributed by atoms with Crippen LogP contribution in [0.25, 0.3) is 0 Å². The fourth-order valence-electron chi connectivity index (χ4n) is 1.21. The maximum atomic E-state index is 10.2. The van der Waals surface area contributed by atoms with Gasteiger partial charge in [-0.3, -0.25) is 0 Å². The van der Waals surface area contributed by atoms with Crippen LogP contribution in [0.3, 0.4) is 0 Å². The molecule has 1 atom stereocenters. The number of carbonyl (C=O) groups excluding carboxylic acids is 1. The molecular formula is C10H10INO. The first kappa shape index (κ1) is 10.4. The normalized spacial score (nSPS) is 11.8. The van der Waals surface area contributed by atoms with Crippen molar-refractivity contribution in [2.24, 2.45) is 4.99 Å². The summed E-state index contributed by atoms with van der Waals surface area (Å²) in [4.78, 5) is 13.9. The van der Waals surface area contributed by atoms with Crippen molar-refractivity contribution in [1.29, 1.82) is 0 Å². The number of halogens is 1. The van der Waals surface area contributed by atoms with Crippen LogP contribution < -0.4 is 0 Å². The molecule has 68 valence electrons. The fourth-order valence-corrected chi connectivity index (χ4v) is 1.88. The van der Waals surface area contributed by atoms with Gasteiger partial charge in [-0.25, -0.2) is 4.79 Å². The van der Waals surface area contributed by atoms with Gasteiger partial charge in [0.2, 0.25) is 6.08 Å². The molecule has 0 spiro atoms. The standard InChI is InChI=1S/C10H10INO/c1-8-4-2-3-5-9(8)10(6-11)12-7-13/h2-5,10H,6H2,1H3. The molecule has 0 N–H and O–H groups in total. The highest BCUT2D eigenvalue weighted by molar-refractivity contribution is 14.1. The van der Waals surface area contributed by atoms with Crippen LogP contribution in [0.2, 0.25) is 0 Å². The Morgan fingerprint density at radius 3 is 2.77 bits per heavy atom. The highest BCUT2D eigenvalue weighted by Crippen LogP contribution is 2.22. The van der Waals surface area contributed by atoms with Gasteiger partial charge in [0, 0.05) is 4.43 Å². The summed E-state index contributed by atoms with van der Waals surface area (Å²) in [5, 5.41) is 0. The van der Waals surface area contributed by atoms with Crippen LogP contribution in [-0.2, 0) is 4.79 Å². The second-order valence-electron chi connectivity index (χ2n) is 2.75. The minimum absolute atomic E-state index is 0.0423. The zero-order chi connectivity index (χ0) is 9.68. The van der Waals surface area contributed by atoms with E-state index in [2.05, 4.69) is 27.6 Å². The average Bonchev–Trinajstić information content (AvgIpc) is 2.16. The molecule has 13 heavy (non-hydrogen) atoms. The van der Waals surface area contributed by atoms with Gasteiger partial charge < -0.3 is 0 Å². The molecular weight excluding hydrogens is 277 g/mol. The molecule has 0 aliphatic heterocycles. The minimum atomic E-state index is -0.0423. The van der Waals surface area contributed by atoms with Crippen molar-refractivity contribution in [3.8, 4) is 0 Å². The summed E-state index contributed by atoms with van der Waals surface area (Å²) < 4.78 is 0.803. The molecule has 2 nitrogen and oxygen atoms in total. The Bertz CT molecular complexity index is 331. The van der Waals surface area contributed by atoms with Crippen LogP contribution in [0.5, 0.6) is 0 Å². The largest absolute Gasteiger partial charge is 0.235 e. The van der Waals surface area contributed by atoms with Gasteiger partial charge in [-0.2, -0.15) is 4.99 Å². The maximum Gasteiger partial charge on any atom is 0.235 e. The predicted molar refractivity (Wildman–Crippen MR) is 60.9 cm³/mol. The Morgan fingerprint density at radius 2 is 2.23 bits per heavy atom. The summed E-state index contributed by atoms with van der Waals surface area (Å²) >= 11 is 2.22. The van der Waals surface area contributed by atoms with Crippen molar-refractivity contribution in [2.45, 2.75) is 13.0 Å². The van der Waals surface area contributed by atoms with Gasteiger partial charge in [0.05, 0.1) is 6.04 Å². The molecule has 0 saturated carbocycles. The number of aryl methyl sites for hydroxylation is 1. The van der Waals surface area contributed by atoms with E-state index in [0.717, 1.165) is 9.99 Å². The number of benzene rings is 1. The first-order valence-corrected chi connectivity index (χ1v) is 5.50. The van der Waals surface area contributed by atoms with E-state index in [-0.39, 0.29) is 6.04 Å². The maximum absolute atomic E-state index is 10.2. The Balaban J connectivity index is 3.04. The van der Waals surface area contributed by atoms with Crippen molar-refractivity contribution in [3.05, 3.63) is 35.4 Å². The van der Waals surface area contributed by atoms with Crippen molar-refractivity contribution < 1.29 is 4.79 Å². The molecule has 1 aromatic rings. The van der Waals surface area contributed by atoms with Crippen molar-refractivity contribution >= 4 is 28.7 Å². The van der Waals surface area contributed by atoms with E-state index in [1.165, 1.54) is 5.56 Å². The molecule has 0 aliphatic rings. The Labute approximate surface area is 91.2 Å². The smallest absolute Gasteiger partial charge is 0.211 e. The number of nitrogens with zero attached hydrogens (tertiary/aromatic N) is 1. The van der Waals surface area contributed by atoms with Gasteiger partial charge in [-0.15, -0.1) is 0 Å². The summed E-state index contributed by atoms with van der Waals surface area (Å²) in [6, 6.07) is 7.92. The third-order valence-corrected chi connectivity index (χ3v) is 2.74. The molecule has 0 radical (unpaired) electrons. The lowest BCUT2D eigenvalue weighted by molar-refractivity contribution is 0.560. The summed E-state index contributed by atoms with van der Waals surface area (Å²) in [5.41, 5.74) is 2.28. The molecule has 0 saturated heterocycles. The Kier molecular flexibility index (Phi) is 4.12. The van der Waals surface area contributed by atoms with Gasteiger partial charge in [-0.1, -0.05) is 46.9 Å². The molecule has 1 aromatic carbocycles. The number of aliphatic imine (C=N–C) groups is 1. The highest BCUT2D eigenvalue weighted by Gasteiger charge is 2.09. The van der Waals surface area contributed by atoms with Gasteiger partial charge in [0.15, 0.2) is 0 Å². The first-order valence-electron chi connectivity index (χ1n) is 3.98. The van der Waals surface area contributed by atoms with Crippen LogP contribution in [0.15, 0.2) is 29.3 Å². The predicted octanol–water partition coefficient (Wildman–Crippen LogP) is 2.81. The van der Waals surface area contributed by atoms with Crippen LogP contribution in [0.1, 0.15) is 17.2 Å². The van der Waals surface area contributed by atoms with Gasteiger partial charge in [0.1, 0.15) is 0 Å². The average molecular weight is 287 g/mol. The Hall–Kier alpha value is -0.670. The van der Waals surface area contributed by atoms with Gasteiger partial charge in [-0.05, 0) is 18.1 Å². The highest BCUT2D eigenvalue weighted by atomic mass is 127. The molecule has 0 bridgehead atoms. The molecule has 3 heteroatoms. The number of alkyl halides is 1. The van der Waals surface area contributed by atoms with Crippen LogP contribution >= 0.6 is 22.6 Å². The third kappa shape index (κ3) is 2.64. The van der Waals surface area contributed by atoms with Crippen molar-refractivity contribution in [2.75, 3.05) is 4.43 Å². The molecule has 0 heterocycles. The molecule has 0 amide bonds. The third-order valence-electron chi connectivity index (χ3n) is 1.90. The lowest BCUT2D eigenvalue weighted by Gasteiger charge is -2.09. The van der Waals surface area contributed by atoms with Crippen LogP contribution in [0, 0.1) is 6.92 Å². The van der Waals surface area contributed by atoms with Gasteiger partial charge >= 0.3 is 0 Å². The zero-order valence-electron chi connectivity index (χ0n) is 7.33. The monoisotopic (exact) mass is 287 g/mol. The number of hydrogen-bond donors (Lipinski definition) is 0. The van der Waals surface area contributed by atoms with Crippen LogP contribution in [-0.4, -0.2) is 10.5 Å². The number of isocyanates is 1. The lowest BCUT2D eigenvalue weighted by Crippen LogP contribution is -1.98. The summed E-state index contributed by atoms with van der Waals surface area (Å²) in [7, 11) is 0. The van der Waals surface area contributed by atoms with Crippen LogP contribution in [0.4, 0.5) is 0 Å². The zero-order valence-corrected chi connectivity index (χ0v) is 9.48. The Morgan fingerprint density at radius 1 is 1.54 bits per heavy atom. The van der Waals surface area contributed by atoms with E-state index in [0.29, 0.717) is 0 Å². The quantitative estimate of drug-likeness (QED) is 0.364. The molecule has 0 aromatic heterocycles. The van der Waals surface area contributed by atoms with E-state index in [9.17, 15) is 4.79 Å². The van der Waals surface area contributed by atoms with E-state index in [4.69, 9.17) is 0 Å². The molecule has 1 rings (SSSR count). The van der Waals surface area contributed by atoms with Crippen molar-refractivity contribution in [1.82, 2.24) is 0 Å². The van der Waals surface area contributed by atoms with E-state index in [1.54, 1.807) is 6.08 Å². The second kappa shape index (κ2) is 5.14. The van der Waals surface area contributed by atoms with E-state index < -0.39 is 0 Å². The fraction of sp³-hybridized carbons (Fsp3) is 0.300. The number of hydrogen-bond acceptors (Lipinski definition) is 2. The van der Waals surface area contributed by atoms with E-state index in [1.807, 2.05) is 31.2 Å². The molecule has 1 unspecified atom stereocenters.